The number of nitrogens with one attached hydrogen (secondary N) is 2. The van der Waals surface area contributed by atoms with Crippen molar-refractivity contribution < 1.29 is 0 Å². The quantitative estimate of drug-likeness (QED) is 0.838. The van der Waals surface area contributed by atoms with Gasteiger partial charge in [-0.3, -0.25) is 0 Å². The van der Waals surface area contributed by atoms with E-state index in [1.165, 1.54) is 30.4 Å². The average molecular weight is 269 g/mol. The smallest absolute Gasteiger partial charge is 0.127 e. The van der Waals surface area contributed by atoms with E-state index in [2.05, 4.69) is 46.5 Å². The molecule has 1 aliphatic rings. The summed E-state index contributed by atoms with van der Waals surface area (Å²) in [6, 6.07) is 9.03. The SMILES string of the molecule is CCCNC(c1ncc[nH]1)c1ccccc1C1CCC1. The summed E-state index contributed by atoms with van der Waals surface area (Å²) in [6.45, 7) is 3.20. The fourth-order valence-corrected chi connectivity index (χ4v) is 2.94. The van der Waals surface area contributed by atoms with Crippen molar-refractivity contribution >= 4 is 0 Å². The number of benzene rings is 1. The van der Waals surface area contributed by atoms with Crippen molar-refractivity contribution in [1.82, 2.24) is 15.3 Å². The summed E-state index contributed by atoms with van der Waals surface area (Å²) < 4.78 is 0. The molecule has 1 aromatic heterocycles. The third-order valence-corrected chi connectivity index (χ3v) is 4.24. The normalized spacial score (nSPS) is 16.9. The highest BCUT2D eigenvalue weighted by Crippen LogP contribution is 2.40. The zero-order valence-electron chi connectivity index (χ0n) is 12.1. The van der Waals surface area contributed by atoms with Gasteiger partial charge in [-0.1, -0.05) is 37.6 Å². The molecule has 1 unspecified atom stereocenters. The predicted molar refractivity (Wildman–Crippen MR) is 81.8 cm³/mol. The van der Waals surface area contributed by atoms with E-state index < -0.39 is 0 Å². The topological polar surface area (TPSA) is 40.7 Å². The molecule has 3 rings (SSSR count). The van der Waals surface area contributed by atoms with Gasteiger partial charge >= 0.3 is 0 Å². The summed E-state index contributed by atoms with van der Waals surface area (Å²) in [6.07, 6.45) is 8.89. The molecule has 2 N–H and O–H groups in total. The molecule has 0 radical (unpaired) electrons. The fourth-order valence-electron chi connectivity index (χ4n) is 2.94. The summed E-state index contributed by atoms with van der Waals surface area (Å²) in [5.74, 6) is 1.76. The number of rotatable bonds is 6. The maximum atomic E-state index is 4.47. The first kappa shape index (κ1) is 13.4. The lowest BCUT2D eigenvalue weighted by atomic mass is 9.77. The van der Waals surface area contributed by atoms with Crippen molar-refractivity contribution in [2.45, 2.75) is 44.6 Å². The molecule has 3 heteroatoms. The first-order chi connectivity index (χ1) is 9.90. The largest absolute Gasteiger partial charge is 0.347 e. The van der Waals surface area contributed by atoms with Gasteiger partial charge in [-0.2, -0.15) is 0 Å². The van der Waals surface area contributed by atoms with Gasteiger partial charge in [-0.15, -0.1) is 0 Å². The van der Waals surface area contributed by atoms with E-state index in [1.807, 2.05) is 12.4 Å². The lowest BCUT2D eigenvalue weighted by Gasteiger charge is -2.30. The summed E-state index contributed by atoms with van der Waals surface area (Å²) in [5.41, 5.74) is 2.89. The number of aromatic amines is 1. The number of imidazole rings is 1. The van der Waals surface area contributed by atoms with Crippen LogP contribution in [-0.2, 0) is 0 Å². The Hall–Kier alpha value is -1.61. The minimum atomic E-state index is 0.182. The molecule has 1 heterocycles. The van der Waals surface area contributed by atoms with Gasteiger partial charge in [0.1, 0.15) is 5.82 Å². The second-order valence-electron chi connectivity index (χ2n) is 5.62. The highest BCUT2D eigenvalue weighted by atomic mass is 15.0. The highest BCUT2D eigenvalue weighted by molar-refractivity contribution is 5.37. The van der Waals surface area contributed by atoms with E-state index in [0.29, 0.717) is 0 Å². The van der Waals surface area contributed by atoms with Gasteiger partial charge in [-0.25, -0.2) is 4.98 Å². The first-order valence-electron chi connectivity index (χ1n) is 7.71. The van der Waals surface area contributed by atoms with Gasteiger partial charge in [0.2, 0.25) is 0 Å². The standard InChI is InChI=1S/C17H23N3/c1-2-10-18-16(17-19-11-12-20-17)15-9-4-3-8-14(15)13-6-5-7-13/h3-4,8-9,11-13,16,18H,2,5-7,10H2,1H3,(H,19,20). The number of hydrogen-bond donors (Lipinski definition) is 2. The second kappa shape index (κ2) is 6.23. The maximum Gasteiger partial charge on any atom is 0.127 e. The minimum Gasteiger partial charge on any atom is -0.347 e. The minimum absolute atomic E-state index is 0.182. The van der Waals surface area contributed by atoms with Crippen molar-refractivity contribution in [3.05, 3.63) is 53.6 Å². The molecule has 0 bridgehead atoms. The third kappa shape index (κ3) is 2.63. The molecule has 0 aliphatic heterocycles. The molecule has 2 aromatic rings. The van der Waals surface area contributed by atoms with Crippen molar-refractivity contribution in [2.75, 3.05) is 6.54 Å². The van der Waals surface area contributed by atoms with Crippen molar-refractivity contribution in [2.24, 2.45) is 0 Å². The van der Waals surface area contributed by atoms with E-state index >= 15 is 0 Å². The van der Waals surface area contributed by atoms with Crippen LogP contribution < -0.4 is 5.32 Å². The second-order valence-corrected chi connectivity index (χ2v) is 5.62. The van der Waals surface area contributed by atoms with Gasteiger partial charge in [0, 0.05) is 12.4 Å². The van der Waals surface area contributed by atoms with Crippen LogP contribution in [0.4, 0.5) is 0 Å². The average Bonchev–Trinajstić information content (AvgIpc) is 2.93. The van der Waals surface area contributed by atoms with Crippen molar-refractivity contribution in [3.63, 3.8) is 0 Å². The Morgan fingerprint density at radius 3 is 2.85 bits per heavy atom. The van der Waals surface area contributed by atoms with Gasteiger partial charge in [-0.05, 0) is 42.9 Å². The summed E-state index contributed by atoms with van der Waals surface area (Å²) in [4.78, 5) is 7.75. The molecule has 20 heavy (non-hydrogen) atoms. The van der Waals surface area contributed by atoms with Gasteiger partial charge < -0.3 is 10.3 Å². The molecule has 0 amide bonds. The molecule has 3 nitrogen and oxygen atoms in total. The summed E-state index contributed by atoms with van der Waals surface area (Å²) >= 11 is 0. The van der Waals surface area contributed by atoms with E-state index in [1.54, 1.807) is 0 Å². The zero-order chi connectivity index (χ0) is 13.8. The van der Waals surface area contributed by atoms with Gasteiger partial charge in [0.05, 0.1) is 6.04 Å². The maximum absolute atomic E-state index is 4.47. The van der Waals surface area contributed by atoms with Crippen LogP contribution in [0.2, 0.25) is 0 Å². The number of nitrogens with zero attached hydrogens (tertiary/aromatic N) is 1. The van der Waals surface area contributed by atoms with Crippen LogP contribution in [0, 0.1) is 0 Å². The van der Waals surface area contributed by atoms with Crippen LogP contribution >= 0.6 is 0 Å². The van der Waals surface area contributed by atoms with Crippen molar-refractivity contribution in [3.8, 4) is 0 Å². The molecule has 0 saturated heterocycles. The Balaban J connectivity index is 1.94. The van der Waals surface area contributed by atoms with Gasteiger partial charge in [0.25, 0.3) is 0 Å². The highest BCUT2D eigenvalue weighted by Gasteiger charge is 2.26. The van der Waals surface area contributed by atoms with E-state index in [9.17, 15) is 0 Å². The van der Waals surface area contributed by atoms with E-state index in [-0.39, 0.29) is 6.04 Å². The lowest BCUT2D eigenvalue weighted by Crippen LogP contribution is -2.26. The Morgan fingerprint density at radius 1 is 1.35 bits per heavy atom. The summed E-state index contributed by atoms with van der Waals surface area (Å²) in [5, 5.41) is 3.64. The molecule has 1 fully saturated rings. The number of H-pyrrole nitrogens is 1. The Morgan fingerprint density at radius 2 is 2.20 bits per heavy atom. The lowest BCUT2D eigenvalue weighted by molar-refractivity contribution is 0.413. The molecule has 1 saturated carbocycles. The van der Waals surface area contributed by atoms with Crippen LogP contribution in [0.3, 0.4) is 0 Å². The van der Waals surface area contributed by atoms with Crippen LogP contribution in [0.15, 0.2) is 36.7 Å². The van der Waals surface area contributed by atoms with Crippen LogP contribution in [0.5, 0.6) is 0 Å². The van der Waals surface area contributed by atoms with Crippen LogP contribution in [0.25, 0.3) is 0 Å². The monoisotopic (exact) mass is 269 g/mol. The van der Waals surface area contributed by atoms with Crippen LogP contribution in [0.1, 0.15) is 61.5 Å². The zero-order valence-corrected chi connectivity index (χ0v) is 12.1. The predicted octanol–water partition coefficient (Wildman–Crippen LogP) is 3.77. The van der Waals surface area contributed by atoms with E-state index in [4.69, 9.17) is 0 Å². The molecule has 0 spiro atoms. The number of aromatic nitrogens is 2. The third-order valence-electron chi connectivity index (χ3n) is 4.24. The molecule has 1 aromatic carbocycles. The van der Waals surface area contributed by atoms with Crippen LogP contribution in [-0.4, -0.2) is 16.5 Å². The Bertz CT molecular complexity index is 529. The molecular formula is C17H23N3. The first-order valence-corrected chi connectivity index (χ1v) is 7.71. The van der Waals surface area contributed by atoms with E-state index in [0.717, 1.165) is 24.7 Å². The molecule has 1 aliphatic carbocycles. The molecule has 106 valence electrons. The summed E-state index contributed by atoms with van der Waals surface area (Å²) in [7, 11) is 0. The Labute approximate surface area is 120 Å². The molecular weight excluding hydrogens is 246 g/mol. The molecule has 1 atom stereocenters. The van der Waals surface area contributed by atoms with Crippen molar-refractivity contribution in [1.29, 1.82) is 0 Å². The number of hydrogen-bond acceptors (Lipinski definition) is 2. The Kier molecular flexibility index (Phi) is 4.16. The van der Waals surface area contributed by atoms with Gasteiger partial charge in [0.15, 0.2) is 0 Å². The fraction of sp³-hybridized carbons (Fsp3) is 0.471.